The van der Waals surface area contributed by atoms with Crippen molar-refractivity contribution in [3.05, 3.63) is 48.6 Å². The van der Waals surface area contributed by atoms with Gasteiger partial charge < -0.3 is 10.1 Å². The summed E-state index contributed by atoms with van der Waals surface area (Å²) in [7, 11) is 0. The fourth-order valence-electron chi connectivity index (χ4n) is 1.69. The standard InChI is InChI=1S/C15H21NO2/c1-3-15(18-13(2)17)10-7-11-16-12-14-8-5-4-6-9-14/h3-6,8-9,15-16H,1,7,10-12H2,2H3. The first-order valence-electron chi connectivity index (χ1n) is 6.27. The Morgan fingerprint density at radius 3 is 2.78 bits per heavy atom. The van der Waals surface area contributed by atoms with Crippen LogP contribution in [-0.2, 0) is 16.1 Å². The Morgan fingerprint density at radius 2 is 2.17 bits per heavy atom. The highest BCUT2D eigenvalue weighted by molar-refractivity contribution is 5.66. The summed E-state index contributed by atoms with van der Waals surface area (Å²) < 4.78 is 5.08. The average molecular weight is 247 g/mol. The van der Waals surface area contributed by atoms with Crippen LogP contribution in [0.2, 0.25) is 0 Å². The summed E-state index contributed by atoms with van der Waals surface area (Å²) in [6.07, 6.45) is 3.28. The number of ether oxygens (including phenoxy) is 1. The first kappa shape index (κ1) is 14.5. The van der Waals surface area contributed by atoms with Crippen LogP contribution in [0.3, 0.4) is 0 Å². The van der Waals surface area contributed by atoms with Gasteiger partial charge in [0.15, 0.2) is 0 Å². The van der Waals surface area contributed by atoms with Gasteiger partial charge in [-0.25, -0.2) is 0 Å². The SMILES string of the molecule is C=CC(CCCNCc1ccccc1)OC(C)=O. The van der Waals surface area contributed by atoms with Crippen molar-refractivity contribution in [1.29, 1.82) is 0 Å². The lowest BCUT2D eigenvalue weighted by molar-refractivity contribution is -0.144. The van der Waals surface area contributed by atoms with Gasteiger partial charge in [0, 0.05) is 13.5 Å². The molecule has 0 bridgehead atoms. The predicted octanol–water partition coefficient (Wildman–Crippen LogP) is 2.67. The van der Waals surface area contributed by atoms with E-state index in [1.165, 1.54) is 12.5 Å². The lowest BCUT2D eigenvalue weighted by Crippen LogP contribution is -2.18. The molecule has 0 amide bonds. The molecule has 0 saturated heterocycles. The molecule has 0 fully saturated rings. The van der Waals surface area contributed by atoms with Crippen LogP contribution >= 0.6 is 0 Å². The molecule has 0 spiro atoms. The van der Waals surface area contributed by atoms with E-state index in [9.17, 15) is 4.79 Å². The Bertz CT molecular complexity index is 362. The summed E-state index contributed by atoms with van der Waals surface area (Å²) >= 11 is 0. The molecule has 0 aliphatic rings. The zero-order valence-electron chi connectivity index (χ0n) is 10.9. The quantitative estimate of drug-likeness (QED) is 0.436. The monoisotopic (exact) mass is 247 g/mol. The maximum Gasteiger partial charge on any atom is 0.303 e. The second kappa shape index (κ2) is 8.48. The molecule has 0 radical (unpaired) electrons. The smallest absolute Gasteiger partial charge is 0.303 e. The highest BCUT2D eigenvalue weighted by Gasteiger charge is 2.06. The summed E-state index contributed by atoms with van der Waals surface area (Å²) in [4.78, 5) is 10.8. The molecule has 1 atom stereocenters. The van der Waals surface area contributed by atoms with Crippen molar-refractivity contribution in [2.45, 2.75) is 32.4 Å². The molecule has 3 heteroatoms. The van der Waals surface area contributed by atoms with E-state index < -0.39 is 0 Å². The van der Waals surface area contributed by atoms with Crippen molar-refractivity contribution in [2.24, 2.45) is 0 Å². The Balaban J connectivity index is 2.11. The molecule has 18 heavy (non-hydrogen) atoms. The van der Waals surface area contributed by atoms with Gasteiger partial charge in [0.25, 0.3) is 0 Å². The Hall–Kier alpha value is -1.61. The first-order chi connectivity index (χ1) is 8.72. The first-order valence-corrected chi connectivity index (χ1v) is 6.27. The molecule has 1 rings (SSSR count). The number of carbonyl (C=O) groups excluding carboxylic acids is 1. The van der Waals surface area contributed by atoms with Crippen molar-refractivity contribution < 1.29 is 9.53 Å². The van der Waals surface area contributed by atoms with E-state index in [1.54, 1.807) is 6.08 Å². The second-order valence-electron chi connectivity index (χ2n) is 4.19. The second-order valence-corrected chi connectivity index (χ2v) is 4.19. The highest BCUT2D eigenvalue weighted by Crippen LogP contribution is 2.04. The molecule has 0 aromatic heterocycles. The molecule has 0 aliphatic heterocycles. The summed E-state index contributed by atoms with van der Waals surface area (Å²) in [5, 5.41) is 3.36. The number of esters is 1. The van der Waals surface area contributed by atoms with Gasteiger partial charge in [0.2, 0.25) is 0 Å². The number of benzene rings is 1. The predicted molar refractivity (Wildman–Crippen MR) is 73.1 cm³/mol. The average Bonchev–Trinajstić information content (AvgIpc) is 2.37. The number of hydrogen-bond donors (Lipinski definition) is 1. The lowest BCUT2D eigenvalue weighted by Gasteiger charge is -2.12. The maximum absolute atomic E-state index is 10.8. The number of hydrogen-bond acceptors (Lipinski definition) is 3. The molecule has 1 aromatic carbocycles. The largest absolute Gasteiger partial charge is 0.458 e. The van der Waals surface area contributed by atoms with E-state index in [-0.39, 0.29) is 12.1 Å². The molecule has 0 heterocycles. The molecular weight excluding hydrogens is 226 g/mol. The molecule has 0 saturated carbocycles. The lowest BCUT2D eigenvalue weighted by atomic mass is 10.2. The van der Waals surface area contributed by atoms with Crippen LogP contribution in [0.15, 0.2) is 43.0 Å². The third-order valence-electron chi connectivity index (χ3n) is 2.59. The highest BCUT2D eigenvalue weighted by atomic mass is 16.5. The van der Waals surface area contributed by atoms with Crippen LogP contribution in [0, 0.1) is 0 Å². The summed E-state index contributed by atoms with van der Waals surface area (Å²) in [6.45, 7) is 6.86. The maximum atomic E-state index is 10.8. The van der Waals surface area contributed by atoms with Gasteiger partial charge in [-0.3, -0.25) is 4.79 Å². The normalized spacial score (nSPS) is 11.8. The minimum atomic E-state index is -0.253. The Kier molecular flexibility index (Phi) is 6.81. The van der Waals surface area contributed by atoms with Gasteiger partial charge in [-0.15, -0.1) is 0 Å². The molecule has 0 aliphatic carbocycles. The van der Waals surface area contributed by atoms with E-state index in [0.29, 0.717) is 0 Å². The van der Waals surface area contributed by atoms with Gasteiger partial charge in [-0.2, -0.15) is 0 Å². The fraction of sp³-hybridized carbons (Fsp3) is 0.400. The molecule has 1 aromatic rings. The minimum absolute atomic E-state index is 0.166. The zero-order valence-corrected chi connectivity index (χ0v) is 10.9. The molecule has 1 unspecified atom stereocenters. The van der Waals surface area contributed by atoms with Gasteiger partial charge in [-0.1, -0.05) is 43.0 Å². The van der Waals surface area contributed by atoms with E-state index >= 15 is 0 Å². The zero-order chi connectivity index (χ0) is 13.2. The van der Waals surface area contributed by atoms with Gasteiger partial charge in [-0.05, 0) is 24.9 Å². The Morgan fingerprint density at radius 1 is 1.44 bits per heavy atom. The van der Waals surface area contributed by atoms with Crippen molar-refractivity contribution in [1.82, 2.24) is 5.32 Å². The molecule has 1 N–H and O–H groups in total. The van der Waals surface area contributed by atoms with Gasteiger partial charge in [0.1, 0.15) is 6.10 Å². The van der Waals surface area contributed by atoms with Gasteiger partial charge >= 0.3 is 5.97 Å². The van der Waals surface area contributed by atoms with Crippen LogP contribution in [0.1, 0.15) is 25.3 Å². The third-order valence-corrected chi connectivity index (χ3v) is 2.59. The van der Waals surface area contributed by atoms with Crippen LogP contribution < -0.4 is 5.32 Å². The van der Waals surface area contributed by atoms with Crippen molar-refractivity contribution in [3.8, 4) is 0 Å². The van der Waals surface area contributed by atoms with Crippen molar-refractivity contribution in [3.63, 3.8) is 0 Å². The van der Waals surface area contributed by atoms with E-state index in [0.717, 1.165) is 25.9 Å². The number of nitrogens with one attached hydrogen (secondary N) is 1. The van der Waals surface area contributed by atoms with Crippen molar-refractivity contribution in [2.75, 3.05) is 6.54 Å². The minimum Gasteiger partial charge on any atom is -0.458 e. The Labute approximate surface area is 109 Å². The topological polar surface area (TPSA) is 38.3 Å². The molecule has 98 valence electrons. The summed E-state index contributed by atoms with van der Waals surface area (Å²) in [5.74, 6) is -0.253. The van der Waals surface area contributed by atoms with Gasteiger partial charge in [0.05, 0.1) is 0 Å². The molecular formula is C15H21NO2. The van der Waals surface area contributed by atoms with E-state index in [2.05, 4.69) is 24.0 Å². The summed E-state index contributed by atoms with van der Waals surface area (Å²) in [5.41, 5.74) is 1.28. The number of rotatable bonds is 8. The van der Waals surface area contributed by atoms with Crippen LogP contribution in [0.4, 0.5) is 0 Å². The van der Waals surface area contributed by atoms with Crippen LogP contribution in [0.25, 0.3) is 0 Å². The number of carbonyl (C=O) groups is 1. The van der Waals surface area contributed by atoms with Crippen molar-refractivity contribution >= 4 is 5.97 Å². The van der Waals surface area contributed by atoms with E-state index in [1.807, 2.05) is 18.2 Å². The fourth-order valence-corrected chi connectivity index (χ4v) is 1.69. The molecule has 3 nitrogen and oxygen atoms in total. The van der Waals surface area contributed by atoms with E-state index in [4.69, 9.17) is 4.74 Å². The van der Waals surface area contributed by atoms with Crippen LogP contribution in [-0.4, -0.2) is 18.6 Å². The summed E-state index contributed by atoms with van der Waals surface area (Å²) in [6, 6.07) is 10.3. The van der Waals surface area contributed by atoms with Crippen LogP contribution in [0.5, 0.6) is 0 Å². The third kappa shape index (κ3) is 6.21.